The molecule has 2 aromatic carbocycles. The van der Waals surface area contributed by atoms with Crippen LogP contribution < -0.4 is 4.74 Å². The fourth-order valence-electron chi connectivity index (χ4n) is 3.91. The van der Waals surface area contributed by atoms with Crippen molar-refractivity contribution in [2.24, 2.45) is 0 Å². The Bertz CT molecular complexity index is 785. The molecule has 2 nitrogen and oxygen atoms in total. The van der Waals surface area contributed by atoms with Crippen molar-refractivity contribution in [3.05, 3.63) is 47.0 Å². The van der Waals surface area contributed by atoms with Crippen LogP contribution in [0.4, 0.5) is 0 Å². The Kier molecular flexibility index (Phi) is 3.90. The van der Waals surface area contributed by atoms with Crippen LogP contribution in [0.5, 0.6) is 11.5 Å². The highest BCUT2D eigenvalue weighted by Gasteiger charge is 2.37. The Morgan fingerprint density at radius 3 is 2.04 bits per heavy atom. The molecular weight excluding hydrogens is 296 g/mol. The van der Waals surface area contributed by atoms with Crippen molar-refractivity contribution in [1.82, 2.24) is 0 Å². The van der Waals surface area contributed by atoms with Gasteiger partial charge in [0.05, 0.1) is 7.11 Å². The fourth-order valence-corrected chi connectivity index (χ4v) is 3.91. The van der Waals surface area contributed by atoms with Crippen LogP contribution in [0.25, 0.3) is 11.1 Å². The van der Waals surface area contributed by atoms with E-state index in [2.05, 4.69) is 46.8 Å². The number of fused-ring (bicyclic) bond motifs is 1. The highest BCUT2D eigenvalue weighted by molar-refractivity contribution is 5.76. The molecule has 2 heteroatoms. The number of hydrogen-bond acceptors (Lipinski definition) is 2. The van der Waals surface area contributed by atoms with Crippen molar-refractivity contribution < 1.29 is 9.84 Å². The molecule has 0 saturated carbocycles. The second-order valence-electron chi connectivity index (χ2n) is 8.37. The molecule has 0 aliphatic heterocycles. The van der Waals surface area contributed by atoms with E-state index in [0.717, 1.165) is 5.56 Å². The lowest BCUT2D eigenvalue weighted by Crippen LogP contribution is -2.34. The molecule has 0 heterocycles. The van der Waals surface area contributed by atoms with Crippen molar-refractivity contribution >= 4 is 0 Å². The summed E-state index contributed by atoms with van der Waals surface area (Å²) in [5.41, 5.74) is 6.78. The third-order valence-electron chi connectivity index (χ3n) is 5.67. The Balaban J connectivity index is 2.26. The molecular formula is C22H28O2. The Morgan fingerprint density at radius 2 is 1.46 bits per heavy atom. The molecule has 3 rings (SSSR count). The molecule has 0 atom stereocenters. The van der Waals surface area contributed by atoms with Crippen LogP contribution in [0, 0.1) is 6.92 Å². The number of hydrogen-bond donors (Lipinski definition) is 1. The van der Waals surface area contributed by atoms with Gasteiger partial charge in [0, 0.05) is 11.6 Å². The smallest absolute Gasteiger partial charge is 0.130 e. The number of benzene rings is 2. The number of rotatable bonds is 2. The zero-order valence-electron chi connectivity index (χ0n) is 15.7. The van der Waals surface area contributed by atoms with Crippen LogP contribution in [0.1, 0.15) is 57.2 Å². The lowest BCUT2D eigenvalue weighted by molar-refractivity contribution is 0.332. The molecule has 1 N–H and O–H groups in total. The Morgan fingerprint density at radius 1 is 0.875 bits per heavy atom. The van der Waals surface area contributed by atoms with Gasteiger partial charge in [-0.1, -0.05) is 33.8 Å². The van der Waals surface area contributed by atoms with Gasteiger partial charge in [-0.25, -0.2) is 0 Å². The van der Waals surface area contributed by atoms with Gasteiger partial charge < -0.3 is 9.84 Å². The van der Waals surface area contributed by atoms with Gasteiger partial charge in [0.15, 0.2) is 0 Å². The van der Waals surface area contributed by atoms with Crippen molar-refractivity contribution in [3.8, 4) is 22.6 Å². The van der Waals surface area contributed by atoms with Crippen molar-refractivity contribution in [1.29, 1.82) is 0 Å². The summed E-state index contributed by atoms with van der Waals surface area (Å²) in [5, 5.41) is 9.75. The standard InChI is InChI=1S/C22H28O2/c1-14-11-18-19(22(4,5)10-9-21(18,2)3)13-17(14)16-8-7-15(23)12-20(16)24-6/h7-8,11-13,23H,9-10H2,1-6H3. The lowest BCUT2D eigenvalue weighted by Gasteiger charge is -2.42. The predicted octanol–water partition coefficient (Wildman–Crippen LogP) is 5.73. The first-order valence-electron chi connectivity index (χ1n) is 8.69. The van der Waals surface area contributed by atoms with Gasteiger partial charge in [0.1, 0.15) is 11.5 Å². The maximum Gasteiger partial charge on any atom is 0.130 e. The van der Waals surface area contributed by atoms with E-state index in [1.807, 2.05) is 6.07 Å². The summed E-state index contributed by atoms with van der Waals surface area (Å²) < 4.78 is 5.51. The summed E-state index contributed by atoms with van der Waals surface area (Å²) in [5.74, 6) is 0.943. The maximum absolute atomic E-state index is 9.75. The molecule has 0 unspecified atom stereocenters. The average Bonchev–Trinajstić information content (AvgIpc) is 2.52. The monoisotopic (exact) mass is 324 g/mol. The van der Waals surface area contributed by atoms with Crippen molar-refractivity contribution in [2.45, 2.75) is 58.3 Å². The average molecular weight is 324 g/mol. The molecule has 1 aliphatic rings. The Hall–Kier alpha value is -1.96. The third-order valence-corrected chi connectivity index (χ3v) is 5.67. The highest BCUT2D eigenvalue weighted by Crippen LogP contribution is 2.48. The summed E-state index contributed by atoms with van der Waals surface area (Å²) in [4.78, 5) is 0. The zero-order valence-corrected chi connectivity index (χ0v) is 15.7. The molecule has 0 bridgehead atoms. The third kappa shape index (κ3) is 2.68. The number of aryl methyl sites for hydroxylation is 1. The van der Waals surface area contributed by atoms with Crippen LogP contribution in [0.15, 0.2) is 30.3 Å². The molecule has 2 aromatic rings. The van der Waals surface area contributed by atoms with Gasteiger partial charge in [-0.15, -0.1) is 0 Å². The molecule has 1 aliphatic carbocycles. The van der Waals surface area contributed by atoms with Crippen LogP contribution in [-0.4, -0.2) is 12.2 Å². The fraction of sp³-hybridized carbons (Fsp3) is 0.455. The first kappa shape index (κ1) is 16.9. The van der Waals surface area contributed by atoms with Gasteiger partial charge in [0.2, 0.25) is 0 Å². The van der Waals surface area contributed by atoms with Gasteiger partial charge >= 0.3 is 0 Å². The van der Waals surface area contributed by atoms with E-state index in [1.165, 1.54) is 35.1 Å². The quantitative estimate of drug-likeness (QED) is 0.765. The number of phenols is 1. The molecule has 0 saturated heterocycles. The van der Waals surface area contributed by atoms with Crippen LogP contribution in [-0.2, 0) is 10.8 Å². The number of phenolic OH excluding ortho intramolecular Hbond substituents is 1. The molecule has 24 heavy (non-hydrogen) atoms. The normalized spacial score (nSPS) is 18.1. The minimum atomic E-state index is 0.178. The number of methoxy groups -OCH3 is 1. The molecule has 0 fully saturated rings. The minimum absolute atomic E-state index is 0.178. The SMILES string of the molecule is COc1cc(O)ccc1-c1cc2c(cc1C)C(C)(C)CCC2(C)C. The van der Waals surface area contributed by atoms with E-state index in [-0.39, 0.29) is 16.6 Å². The minimum Gasteiger partial charge on any atom is -0.508 e. The van der Waals surface area contributed by atoms with Gasteiger partial charge in [-0.2, -0.15) is 0 Å². The van der Waals surface area contributed by atoms with Gasteiger partial charge in [0.25, 0.3) is 0 Å². The van der Waals surface area contributed by atoms with Crippen LogP contribution in [0.3, 0.4) is 0 Å². The van der Waals surface area contributed by atoms with Crippen molar-refractivity contribution in [3.63, 3.8) is 0 Å². The largest absolute Gasteiger partial charge is 0.508 e. The van der Waals surface area contributed by atoms with Gasteiger partial charge in [-0.3, -0.25) is 0 Å². The topological polar surface area (TPSA) is 29.5 Å². The van der Waals surface area contributed by atoms with E-state index in [9.17, 15) is 5.11 Å². The first-order valence-corrected chi connectivity index (χ1v) is 8.69. The molecule has 0 radical (unpaired) electrons. The summed E-state index contributed by atoms with van der Waals surface area (Å²) in [6, 6.07) is 10.1. The summed E-state index contributed by atoms with van der Waals surface area (Å²) in [7, 11) is 1.65. The second kappa shape index (κ2) is 5.54. The van der Waals surface area contributed by atoms with Crippen LogP contribution in [0.2, 0.25) is 0 Å². The predicted molar refractivity (Wildman–Crippen MR) is 100 cm³/mol. The van der Waals surface area contributed by atoms with E-state index < -0.39 is 0 Å². The molecule has 0 aromatic heterocycles. The van der Waals surface area contributed by atoms with Crippen LogP contribution >= 0.6 is 0 Å². The van der Waals surface area contributed by atoms with Crippen molar-refractivity contribution in [2.75, 3.05) is 7.11 Å². The molecule has 128 valence electrons. The van der Waals surface area contributed by atoms with E-state index in [4.69, 9.17) is 4.74 Å². The van der Waals surface area contributed by atoms with Gasteiger partial charge in [-0.05, 0) is 71.0 Å². The maximum atomic E-state index is 9.75. The summed E-state index contributed by atoms with van der Waals surface area (Å²) >= 11 is 0. The Labute approximate surface area is 145 Å². The zero-order chi connectivity index (χ0) is 17.7. The number of ether oxygens (including phenoxy) is 1. The molecule has 0 spiro atoms. The summed E-state index contributed by atoms with van der Waals surface area (Å²) in [6.45, 7) is 11.5. The summed E-state index contributed by atoms with van der Waals surface area (Å²) in [6.07, 6.45) is 2.41. The second-order valence-corrected chi connectivity index (χ2v) is 8.37. The lowest BCUT2D eigenvalue weighted by atomic mass is 9.62. The van der Waals surface area contributed by atoms with E-state index >= 15 is 0 Å². The van der Waals surface area contributed by atoms with E-state index in [0.29, 0.717) is 5.75 Å². The first-order chi connectivity index (χ1) is 11.2. The highest BCUT2D eigenvalue weighted by atomic mass is 16.5. The van der Waals surface area contributed by atoms with E-state index in [1.54, 1.807) is 19.2 Å². The molecule has 0 amide bonds. The number of aromatic hydroxyl groups is 1.